The fraction of sp³-hybridized carbons (Fsp3) is 0.0952. The molecule has 3 heterocycles. The molecule has 4 aromatic rings. The molecular formula is C21H18N6O4S. The van der Waals surface area contributed by atoms with Gasteiger partial charge in [-0.15, -0.1) is 11.3 Å². The Morgan fingerprint density at radius 3 is 2.78 bits per heavy atom. The van der Waals surface area contributed by atoms with Gasteiger partial charge in [0.1, 0.15) is 17.2 Å². The molecule has 0 atom stereocenters. The van der Waals surface area contributed by atoms with E-state index >= 15 is 0 Å². The van der Waals surface area contributed by atoms with Crippen molar-refractivity contribution in [3.05, 3.63) is 76.9 Å². The van der Waals surface area contributed by atoms with Crippen LogP contribution >= 0.6 is 11.3 Å². The van der Waals surface area contributed by atoms with Crippen molar-refractivity contribution in [2.45, 2.75) is 13.5 Å². The number of hydrogen-bond acceptors (Lipinski definition) is 7. The van der Waals surface area contributed by atoms with Gasteiger partial charge in [-0.25, -0.2) is 10.4 Å². The molecule has 0 aliphatic heterocycles. The van der Waals surface area contributed by atoms with Gasteiger partial charge in [-0.2, -0.15) is 5.10 Å². The third-order valence-electron chi connectivity index (χ3n) is 4.35. The molecule has 3 N–H and O–H groups in total. The number of anilines is 1. The summed E-state index contributed by atoms with van der Waals surface area (Å²) in [6, 6.07) is 11.9. The number of furan rings is 1. The van der Waals surface area contributed by atoms with Crippen molar-refractivity contribution >= 4 is 45.9 Å². The van der Waals surface area contributed by atoms with Crippen LogP contribution in [0, 0.1) is 6.92 Å². The van der Waals surface area contributed by atoms with Crippen molar-refractivity contribution in [1.29, 1.82) is 0 Å². The molecule has 0 spiro atoms. The van der Waals surface area contributed by atoms with E-state index in [-0.39, 0.29) is 6.54 Å². The molecule has 1 aromatic carbocycles. The second-order valence-corrected chi connectivity index (χ2v) is 7.48. The van der Waals surface area contributed by atoms with Crippen molar-refractivity contribution in [1.82, 2.24) is 20.1 Å². The van der Waals surface area contributed by atoms with Crippen molar-refractivity contribution in [2.24, 2.45) is 5.10 Å². The largest absolute Gasteiger partial charge is 0.458 e. The van der Waals surface area contributed by atoms with Crippen LogP contribution in [0.1, 0.15) is 27.7 Å². The molecule has 0 aliphatic carbocycles. The van der Waals surface area contributed by atoms with Gasteiger partial charge < -0.3 is 15.1 Å². The van der Waals surface area contributed by atoms with Gasteiger partial charge in [0.2, 0.25) is 0 Å². The highest BCUT2D eigenvalue weighted by Crippen LogP contribution is 2.16. The summed E-state index contributed by atoms with van der Waals surface area (Å²) in [5.41, 5.74) is 3.99. The lowest BCUT2D eigenvalue weighted by Crippen LogP contribution is -2.34. The first-order valence-electron chi connectivity index (χ1n) is 9.50. The Morgan fingerprint density at radius 2 is 1.97 bits per heavy atom. The van der Waals surface area contributed by atoms with Gasteiger partial charge in [0, 0.05) is 17.3 Å². The number of para-hydroxylation sites is 1. The Bertz CT molecular complexity index is 1300. The van der Waals surface area contributed by atoms with Crippen LogP contribution in [0.25, 0.3) is 4.96 Å². The number of fused-ring (bicyclic) bond motifs is 1. The lowest BCUT2D eigenvalue weighted by Gasteiger charge is -2.05. The SMILES string of the molecule is Cc1nc2sccn2c1C(=O)N/N=C/c1ccc(CNC(=O)C(=O)Nc2ccccc2)o1. The summed E-state index contributed by atoms with van der Waals surface area (Å²) in [6.07, 6.45) is 3.11. The van der Waals surface area contributed by atoms with Crippen LogP contribution in [0.3, 0.4) is 0 Å². The third kappa shape index (κ3) is 4.73. The molecule has 4 rings (SSSR count). The third-order valence-corrected chi connectivity index (χ3v) is 5.11. The number of carbonyl (C=O) groups excluding carboxylic acids is 3. The maximum absolute atomic E-state index is 12.4. The second kappa shape index (κ2) is 9.27. The molecule has 3 amide bonds. The van der Waals surface area contributed by atoms with Crippen LogP contribution in [-0.2, 0) is 16.1 Å². The normalized spacial score (nSPS) is 11.0. The van der Waals surface area contributed by atoms with Gasteiger partial charge in [-0.3, -0.25) is 18.8 Å². The molecule has 3 aromatic heterocycles. The quantitative estimate of drug-likeness (QED) is 0.236. The molecule has 162 valence electrons. The minimum atomic E-state index is -0.788. The molecule has 0 radical (unpaired) electrons. The van der Waals surface area contributed by atoms with E-state index in [0.29, 0.717) is 28.6 Å². The van der Waals surface area contributed by atoms with Crippen LogP contribution in [-0.4, -0.2) is 33.3 Å². The standard InChI is InChI=1S/C21H18N6O4S/c1-13-17(27-9-10-32-21(27)24-13)18(28)26-23-12-16-8-7-15(31-16)11-22-19(29)20(30)25-14-5-3-2-4-6-14/h2-10,12H,11H2,1H3,(H,22,29)(H,25,30)(H,26,28)/b23-12+. The Hall–Kier alpha value is -4.25. The average molecular weight is 450 g/mol. The lowest BCUT2D eigenvalue weighted by atomic mass is 10.3. The Balaban J connectivity index is 1.28. The topological polar surface area (TPSA) is 130 Å². The molecular weight excluding hydrogens is 432 g/mol. The highest BCUT2D eigenvalue weighted by molar-refractivity contribution is 7.15. The number of nitrogens with zero attached hydrogens (tertiary/aromatic N) is 3. The summed E-state index contributed by atoms with van der Waals surface area (Å²) in [5, 5.41) is 10.7. The van der Waals surface area contributed by atoms with E-state index in [9.17, 15) is 14.4 Å². The Labute approximate surface area is 186 Å². The number of carbonyl (C=O) groups is 3. The smallest absolute Gasteiger partial charge is 0.313 e. The predicted octanol–water partition coefficient (Wildman–Crippen LogP) is 2.32. The maximum atomic E-state index is 12.4. The number of nitrogens with one attached hydrogen (secondary N) is 3. The van der Waals surface area contributed by atoms with E-state index in [1.165, 1.54) is 17.6 Å². The molecule has 10 nitrogen and oxygen atoms in total. The minimum absolute atomic E-state index is 0.0202. The van der Waals surface area contributed by atoms with Crippen LogP contribution in [0.4, 0.5) is 5.69 Å². The van der Waals surface area contributed by atoms with Gasteiger partial charge in [-0.05, 0) is 31.2 Å². The number of thiazole rings is 1. The number of amides is 3. The number of hydrogen-bond donors (Lipinski definition) is 3. The zero-order valence-corrected chi connectivity index (χ0v) is 17.7. The number of benzene rings is 1. The van der Waals surface area contributed by atoms with Crippen LogP contribution in [0.5, 0.6) is 0 Å². The summed E-state index contributed by atoms with van der Waals surface area (Å²) >= 11 is 1.44. The zero-order chi connectivity index (χ0) is 22.5. The summed E-state index contributed by atoms with van der Waals surface area (Å²) in [7, 11) is 0. The second-order valence-electron chi connectivity index (χ2n) is 6.61. The van der Waals surface area contributed by atoms with Gasteiger partial charge in [-0.1, -0.05) is 18.2 Å². The van der Waals surface area contributed by atoms with Gasteiger partial charge in [0.05, 0.1) is 18.5 Å². The fourth-order valence-corrected chi connectivity index (χ4v) is 3.65. The minimum Gasteiger partial charge on any atom is -0.458 e. The molecule has 0 bridgehead atoms. The zero-order valence-electron chi connectivity index (χ0n) is 16.9. The van der Waals surface area contributed by atoms with E-state index in [1.807, 2.05) is 5.38 Å². The summed E-state index contributed by atoms with van der Waals surface area (Å²) in [6.45, 7) is 1.78. The van der Waals surface area contributed by atoms with Crippen molar-refractivity contribution < 1.29 is 18.8 Å². The van der Waals surface area contributed by atoms with Crippen molar-refractivity contribution in [3.8, 4) is 0 Å². The van der Waals surface area contributed by atoms with Crippen LogP contribution in [0.2, 0.25) is 0 Å². The monoisotopic (exact) mass is 450 g/mol. The molecule has 0 saturated heterocycles. The first kappa shape index (κ1) is 21.0. The Morgan fingerprint density at radius 1 is 1.16 bits per heavy atom. The molecule has 0 unspecified atom stereocenters. The number of aryl methyl sites for hydroxylation is 1. The summed E-state index contributed by atoms with van der Waals surface area (Å²) in [5.74, 6) is -1.17. The average Bonchev–Trinajstić information content (AvgIpc) is 3.49. The molecule has 11 heteroatoms. The van der Waals surface area contributed by atoms with Crippen LogP contribution < -0.4 is 16.1 Å². The number of rotatable bonds is 6. The number of aromatic nitrogens is 2. The highest BCUT2D eigenvalue weighted by atomic mass is 32.1. The van der Waals surface area contributed by atoms with E-state index in [0.717, 1.165) is 4.96 Å². The first-order chi connectivity index (χ1) is 15.5. The van der Waals surface area contributed by atoms with Gasteiger partial charge in [0.15, 0.2) is 4.96 Å². The van der Waals surface area contributed by atoms with E-state index in [2.05, 4.69) is 26.1 Å². The fourth-order valence-electron chi connectivity index (χ4n) is 2.89. The number of hydrazone groups is 1. The van der Waals surface area contributed by atoms with Crippen molar-refractivity contribution in [3.63, 3.8) is 0 Å². The van der Waals surface area contributed by atoms with Gasteiger partial charge in [0.25, 0.3) is 5.91 Å². The van der Waals surface area contributed by atoms with Crippen molar-refractivity contribution in [2.75, 3.05) is 5.32 Å². The molecule has 0 saturated carbocycles. The summed E-state index contributed by atoms with van der Waals surface area (Å²) in [4.78, 5) is 41.3. The lowest BCUT2D eigenvalue weighted by molar-refractivity contribution is -0.136. The molecule has 0 aliphatic rings. The van der Waals surface area contributed by atoms with Crippen LogP contribution in [0.15, 0.2) is 63.6 Å². The van der Waals surface area contributed by atoms with Gasteiger partial charge >= 0.3 is 11.8 Å². The van der Waals surface area contributed by atoms with E-state index in [1.54, 1.807) is 60.0 Å². The molecule has 32 heavy (non-hydrogen) atoms. The maximum Gasteiger partial charge on any atom is 0.313 e. The van der Waals surface area contributed by atoms with E-state index < -0.39 is 17.7 Å². The molecule has 0 fully saturated rings. The number of imidazole rings is 1. The predicted molar refractivity (Wildman–Crippen MR) is 118 cm³/mol. The summed E-state index contributed by atoms with van der Waals surface area (Å²) < 4.78 is 7.22. The highest BCUT2D eigenvalue weighted by Gasteiger charge is 2.17. The first-order valence-corrected chi connectivity index (χ1v) is 10.4. The van der Waals surface area contributed by atoms with E-state index in [4.69, 9.17) is 4.42 Å². The Kier molecular flexibility index (Phi) is 6.08.